The van der Waals surface area contributed by atoms with E-state index < -0.39 is 15.9 Å². The molecule has 0 spiro atoms. The van der Waals surface area contributed by atoms with Crippen molar-refractivity contribution in [1.82, 2.24) is 9.73 Å². The highest BCUT2D eigenvalue weighted by atomic mass is 32.2. The van der Waals surface area contributed by atoms with Crippen LogP contribution in [-0.2, 0) is 27.7 Å². The maximum Gasteiger partial charge on any atom is 0.255 e. The quantitative estimate of drug-likeness (QED) is 0.334. The van der Waals surface area contributed by atoms with Crippen LogP contribution in [0.25, 0.3) is 0 Å². The van der Waals surface area contributed by atoms with Crippen molar-refractivity contribution in [2.24, 2.45) is 5.10 Å². The van der Waals surface area contributed by atoms with Crippen LogP contribution < -0.4 is 5.43 Å². The fourth-order valence-electron chi connectivity index (χ4n) is 4.10. The molecule has 0 aliphatic rings. The topological polar surface area (TPSA) is 78.8 Å². The number of carbonyl (C=O) groups excluding carboxylic acids is 1. The van der Waals surface area contributed by atoms with Gasteiger partial charge < -0.3 is 0 Å². The molecule has 0 bridgehead atoms. The molecule has 3 aromatic rings. The van der Waals surface area contributed by atoms with E-state index in [1.165, 1.54) is 9.87 Å². The van der Waals surface area contributed by atoms with Crippen molar-refractivity contribution in [3.63, 3.8) is 0 Å². The van der Waals surface area contributed by atoms with Crippen LogP contribution >= 0.6 is 0 Å². The third-order valence-electron chi connectivity index (χ3n) is 5.81. The van der Waals surface area contributed by atoms with E-state index in [1.54, 1.807) is 20.1 Å². The zero-order valence-corrected chi connectivity index (χ0v) is 21.6. The molecule has 3 aromatic carbocycles. The highest BCUT2D eigenvalue weighted by Crippen LogP contribution is 2.25. The van der Waals surface area contributed by atoms with Gasteiger partial charge in [-0.05, 0) is 61.4 Å². The number of benzene rings is 3. The maximum atomic E-state index is 13.7. The van der Waals surface area contributed by atoms with Gasteiger partial charge in [0.2, 0.25) is 10.0 Å². The molecule has 1 N–H and O–H groups in total. The van der Waals surface area contributed by atoms with Crippen molar-refractivity contribution in [2.45, 2.75) is 45.4 Å². The summed E-state index contributed by atoms with van der Waals surface area (Å²) in [6.07, 6.45) is 2.99. The zero-order chi connectivity index (χ0) is 25.4. The summed E-state index contributed by atoms with van der Waals surface area (Å²) in [5.41, 5.74) is 7.87. The van der Waals surface area contributed by atoms with Gasteiger partial charge in [-0.3, -0.25) is 4.79 Å². The second-order valence-corrected chi connectivity index (χ2v) is 10.6. The molecule has 0 saturated heterocycles. The van der Waals surface area contributed by atoms with Crippen molar-refractivity contribution < 1.29 is 13.2 Å². The van der Waals surface area contributed by atoms with Gasteiger partial charge in [0.15, 0.2) is 0 Å². The van der Waals surface area contributed by atoms with Gasteiger partial charge in [-0.15, -0.1) is 0 Å². The Morgan fingerprint density at radius 2 is 1.57 bits per heavy atom. The lowest BCUT2D eigenvalue weighted by Crippen LogP contribution is -2.41. The second-order valence-electron chi connectivity index (χ2n) is 8.69. The van der Waals surface area contributed by atoms with Gasteiger partial charge in [0, 0.05) is 6.54 Å². The molecule has 3 rings (SSSR count). The van der Waals surface area contributed by atoms with E-state index in [9.17, 15) is 13.2 Å². The molecule has 35 heavy (non-hydrogen) atoms. The first-order chi connectivity index (χ1) is 16.7. The molecule has 0 unspecified atom stereocenters. The molecule has 0 heterocycles. The average Bonchev–Trinajstić information content (AvgIpc) is 2.82. The number of nitrogens with zero attached hydrogens (tertiary/aromatic N) is 2. The van der Waals surface area contributed by atoms with Crippen LogP contribution in [0.15, 0.2) is 76.7 Å². The smallest absolute Gasteiger partial charge is 0.255 e. The number of amides is 1. The molecule has 0 atom stereocenters. The third-order valence-corrected chi connectivity index (χ3v) is 7.96. The average molecular weight is 492 g/mol. The zero-order valence-electron chi connectivity index (χ0n) is 20.8. The fourth-order valence-corrected chi connectivity index (χ4v) is 5.91. The summed E-state index contributed by atoms with van der Waals surface area (Å²) in [7, 11) is -3.91. The van der Waals surface area contributed by atoms with Crippen molar-refractivity contribution in [1.29, 1.82) is 0 Å². The van der Waals surface area contributed by atoms with Crippen molar-refractivity contribution in [2.75, 3.05) is 13.1 Å². The summed E-state index contributed by atoms with van der Waals surface area (Å²) in [6.45, 7) is 7.45. The van der Waals surface area contributed by atoms with Gasteiger partial charge in [0.25, 0.3) is 5.91 Å². The third kappa shape index (κ3) is 7.10. The first kappa shape index (κ1) is 26.3. The standard InChI is InChI=1S/C28H33N3O3S/c1-5-24-11-13-26(14-12-24)19-29-30-27(32)20-31(16-15-25-9-7-6-8-10-25)35(33,34)28-22(3)17-21(2)18-23(28)4/h6-14,17-19H,5,15-16,20H2,1-4H3,(H,30,32)/b29-19+. The summed E-state index contributed by atoms with van der Waals surface area (Å²) in [6, 6.07) is 21.2. The van der Waals surface area contributed by atoms with Gasteiger partial charge >= 0.3 is 0 Å². The van der Waals surface area contributed by atoms with E-state index in [1.807, 2.05) is 73.7 Å². The first-order valence-electron chi connectivity index (χ1n) is 11.7. The minimum absolute atomic E-state index is 0.175. The molecule has 6 nitrogen and oxygen atoms in total. The van der Waals surface area contributed by atoms with Gasteiger partial charge in [0.1, 0.15) is 0 Å². The Hall–Kier alpha value is -3.29. The number of aryl methyl sites for hydroxylation is 4. The Labute approximate surface area is 208 Å². The number of hydrazone groups is 1. The highest BCUT2D eigenvalue weighted by Gasteiger charge is 2.29. The number of nitrogens with one attached hydrogen (secondary N) is 1. The lowest BCUT2D eigenvalue weighted by molar-refractivity contribution is -0.121. The van der Waals surface area contributed by atoms with Crippen LogP contribution in [0, 0.1) is 20.8 Å². The Balaban J connectivity index is 1.79. The summed E-state index contributed by atoms with van der Waals surface area (Å²) in [5.74, 6) is -0.495. The Kier molecular flexibility index (Phi) is 8.95. The molecule has 0 radical (unpaired) electrons. The van der Waals surface area contributed by atoms with Crippen LogP contribution in [0.4, 0.5) is 0 Å². The number of carbonyl (C=O) groups is 1. The molecule has 0 aromatic heterocycles. The number of hydrogen-bond acceptors (Lipinski definition) is 4. The SMILES string of the molecule is CCc1ccc(/C=N/NC(=O)CN(CCc2ccccc2)S(=O)(=O)c2c(C)cc(C)cc2C)cc1. The predicted molar refractivity (Wildman–Crippen MR) is 141 cm³/mol. The molecule has 0 aliphatic carbocycles. The van der Waals surface area contributed by atoms with E-state index in [2.05, 4.69) is 17.5 Å². The van der Waals surface area contributed by atoms with Gasteiger partial charge in [-0.1, -0.05) is 79.2 Å². The second kappa shape index (κ2) is 11.9. The number of hydrogen-bond donors (Lipinski definition) is 1. The molecule has 1 amide bonds. The molecule has 7 heteroatoms. The molecule has 0 saturated carbocycles. The Morgan fingerprint density at radius 3 is 2.17 bits per heavy atom. The highest BCUT2D eigenvalue weighted by molar-refractivity contribution is 7.89. The maximum absolute atomic E-state index is 13.7. The van der Waals surface area contributed by atoms with Crippen LogP contribution in [0.1, 0.15) is 40.3 Å². The van der Waals surface area contributed by atoms with Gasteiger partial charge in [-0.25, -0.2) is 13.8 Å². The predicted octanol–water partition coefficient (Wildman–Crippen LogP) is 4.56. The lowest BCUT2D eigenvalue weighted by Gasteiger charge is -2.24. The largest absolute Gasteiger partial charge is 0.272 e. The van der Waals surface area contributed by atoms with Crippen LogP contribution in [0.3, 0.4) is 0 Å². The summed E-state index contributed by atoms with van der Waals surface area (Å²) in [5, 5.41) is 4.02. The Bertz CT molecular complexity index is 1260. The van der Waals surface area contributed by atoms with Gasteiger partial charge in [-0.2, -0.15) is 9.41 Å². The van der Waals surface area contributed by atoms with E-state index in [0.717, 1.165) is 23.1 Å². The van der Waals surface area contributed by atoms with Gasteiger partial charge in [0.05, 0.1) is 17.7 Å². The molecular formula is C28H33N3O3S. The van der Waals surface area contributed by atoms with Crippen LogP contribution in [0.5, 0.6) is 0 Å². The first-order valence-corrected chi connectivity index (χ1v) is 13.2. The molecule has 184 valence electrons. The van der Waals surface area contributed by atoms with E-state index in [0.29, 0.717) is 17.5 Å². The lowest BCUT2D eigenvalue weighted by atomic mass is 10.1. The molecular weight excluding hydrogens is 458 g/mol. The summed E-state index contributed by atoms with van der Waals surface area (Å²) in [4.78, 5) is 13.0. The van der Waals surface area contributed by atoms with Crippen LogP contribution in [-0.4, -0.2) is 37.9 Å². The minimum atomic E-state index is -3.91. The molecule has 0 fully saturated rings. The van der Waals surface area contributed by atoms with Crippen molar-refractivity contribution in [3.8, 4) is 0 Å². The summed E-state index contributed by atoms with van der Waals surface area (Å²) >= 11 is 0. The molecule has 0 aliphatic heterocycles. The Morgan fingerprint density at radius 1 is 0.943 bits per heavy atom. The number of rotatable bonds is 10. The van der Waals surface area contributed by atoms with E-state index >= 15 is 0 Å². The minimum Gasteiger partial charge on any atom is -0.272 e. The van der Waals surface area contributed by atoms with Crippen molar-refractivity contribution >= 4 is 22.1 Å². The fraction of sp³-hybridized carbons (Fsp3) is 0.286. The monoisotopic (exact) mass is 491 g/mol. The van der Waals surface area contributed by atoms with Crippen LogP contribution in [0.2, 0.25) is 0 Å². The normalized spacial score (nSPS) is 11.8. The number of sulfonamides is 1. The van der Waals surface area contributed by atoms with Crippen molar-refractivity contribution in [3.05, 3.63) is 100 Å². The van der Waals surface area contributed by atoms with E-state index in [-0.39, 0.29) is 18.0 Å². The van der Waals surface area contributed by atoms with E-state index in [4.69, 9.17) is 0 Å². The summed E-state index contributed by atoms with van der Waals surface area (Å²) < 4.78 is 28.7.